The molecule has 0 aliphatic heterocycles. The number of carbonyl (C=O) groups excluding carboxylic acids is 1. The highest BCUT2D eigenvalue weighted by molar-refractivity contribution is 6.07. The fourth-order valence-electron chi connectivity index (χ4n) is 2.50. The number of hydrogen-bond acceptors (Lipinski definition) is 5. The highest BCUT2D eigenvalue weighted by Gasteiger charge is 2.11. The third-order valence-electron chi connectivity index (χ3n) is 3.83. The Balaban J connectivity index is 1.81. The molecule has 2 aromatic carbocycles. The molecule has 128 valence electrons. The molecule has 1 heterocycles. The van der Waals surface area contributed by atoms with Crippen molar-refractivity contribution >= 4 is 28.2 Å². The monoisotopic (exact) mass is 344 g/mol. The summed E-state index contributed by atoms with van der Waals surface area (Å²) in [5, 5.41) is 25.3. The van der Waals surface area contributed by atoms with Gasteiger partial charge in [0.25, 0.3) is 5.91 Å². The number of aromatic nitrogens is 1. The van der Waals surface area contributed by atoms with Crippen LogP contribution in [0.5, 0.6) is 5.75 Å². The van der Waals surface area contributed by atoms with Crippen molar-refractivity contribution in [2.45, 2.75) is 6.92 Å². The van der Waals surface area contributed by atoms with Crippen LogP contribution in [0.3, 0.4) is 0 Å². The number of phenolic OH excluding ortho intramolecular Hbond substituents is 1. The Labute approximate surface area is 150 Å². The van der Waals surface area contributed by atoms with Gasteiger partial charge in [-0.3, -0.25) is 9.78 Å². The van der Waals surface area contributed by atoms with Crippen molar-refractivity contribution in [1.82, 2.24) is 4.98 Å². The minimum Gasteiger partial charge on any atom is -0.508 e. The maximum absolute atomic E-state index is 12.3. The normalized spacial score (nSPS) is 11.0. The second-order valence-corrected chi connectivity index (χ2v) is 5.65. The minimum atomic E-state index is -0.540. The maximum Gasteiger partial charge on any atom is 0.267 e. The van der Waals surface area contributed by atoms with E-state index in [4.69, 9.17) is 0 Å². The largest absolute Gasteiger partial charge is 0.508 e. The van der Waals surface area contributed by atoms with Gasteiger partial charge in [-0.25, -0.2) is 0 Å². The summed E-state index contributed by atoms with van der Waals surface area (Å²) in [7, 11) is 0. The van der Waals surface area contributed by atoms with E-state index in [1.54, 1.807) is 19.2 Å². The predicted molar refractivity (Wildman–Crippen MR) is 101 cm³/mol. The number of amides is 1. The fraction of sp³-hybridized carbons (Fsp3) is 0.0500. The second kappa shape index (κ2) is 7.36. The molecule has 6 nitrogen and oxygen atoms in total. The maximum atomic E-state index is 12.3. The van der Waals surface area contributed by atoms with Gasteiger partial charge in [0.2, 0.25) is 0 Å². The van der Waals surface area contributed by atoms with Crippen molar-refractivity contribution in [3.05, 3.63) is 72.1 Å². The standard InChI is InChI=1S/C20H16N4O2/c1-13-10-16(25)7-8-17(13)24-20(26)15(11-21)12-23-18-6-2-4-14-5-3-9-22-19(14)18/h2-10,12,23,25H,1H3,(H,24,26)/b15-12-. The van der Waals surface area contributed by atoms with Crippen molar-refractivity contribution in [3.63, 3.8) is 0 Å². The molecule has 0 saturated heterocycles. The van der Waals surface area contributed by atoms with Crippen LogP contribution in [0.4, 0.5) is 11.4 Å². The zero-order valence-corrected chi connectivity index (χ0v) is 14.0. The number of nitrogens with one attached hydrogen (secondary N) is 2. The lowest BCUT2D eigenvalue weighted by Crippen LogP contribution is -2.15. The van der Waals surface area contributed by atoms with E-state index in [0.29, 0.717) is 16.9 Å². The Morgan fingerprint density at radius 2 is 2.00 bits per heavy atom. The molecular formula is C20H16N4O2. The van der Waals surface area contributed by atoms with Gasteiger partial charge >= 0.3 is 0 Å². The first-order valence-corrected chi connectivity index (χ1v) is 7.90. The Morgan fingerprint density at radius 1 is 1.19 bits per heavy atom. The molecule has 1 amide bonds. The van der Waals surface area contributed by atoms with E-state index in [-0.39, 0.29) is 11.3 Å². The van der Waals surface area contributed by atoms with Crippen LogP contribution < -0.4 is 10.6 Å². The number of hydrogen-bond donors (Lipinski definition) is 3. The van der Waals surface area contributed by atoms with Crippen LogP contribution in [0.15, 0.2) is 66.5 Å². The first kappa shape index (κ1) is 17.0. The van der Waals surface area contributed by atoms with E-state index in [0.717, 1.165) is 10.9 Å². The first-order chi connectivity index (χ1) is 12.6. The van der Waals surface area contributed by atoms with E-state index < -0.39 is 5.91 Å². The number of nitrogens with zero attached hydrogens (tertiary/aromatic N) is 2. The van der Waals surface area contributed by atoms with Gasteiger partial charge in [0, 0.05) is 23.5 Å². The molecule has 3 N–H and O–H groups in total. The van der Waals surface area contributed by atoms with E-state index in [2.05, 4.69) is 15.6 Å². The molecular weight excluding hydrogens is 328 g/mol. The van der Waals surface area contributed by atoms with Crippen molar-refractivity contribution in [1.29, 1.82) is 5.26 Å². The summed E-state index contributed by atoms with van der Waals surface area (Å²) in [5.74, 6) is -0.427. The number of para-hydroxylation sites is 1. The number of pyridine rings is 1. The summed E-state index contributed by atoms with van der Waals surface area (Å²) in [4.78, 5) is 16.7. The molecule has 0 aliphatic rings. The summed E-state index contributed by atoms with van der Waals surface area (Å²) in [6.45, 7) is 1.76. The third kappa shape index (κ3) is 3.62. The molecule has 26 heavy (non-hydrogen) atoms. The third-order valence-corrected chi connectivity index (χ3v) is 3.83. The quantitative estimate of drug-likeness (QED) is 0.381. The lowest BCUT2D eigenvalue weighted by molar-refractivity contribution is -0.112. The first-order valence-electron chi connectivity index (χ1n) is 7.90. The number of aromatic hydroxyl groups is 1. The molecule has 3 rings (SSSR count). The average Bonchev–Trinajstić information content (AvgIpc) is 2.64. The number of fused-ring (bicyclic) bond motifs is 1. The van der Waals surface area contributed by atoms with Crippen molar-refractivity contribution in [2.75, 3.05) is 10.6 Å². The molecule has 0 bridgehead atoms. The van der Waals surface area contributed by atoms with E-state index >= 15 is 0 Å². The molecule has 0 atom stereocenters. The zero-order chi connectivity index (χ0) is 18.5. The van der Waals surface area contributed by atoms with Gasteiger partial charge in [-0.05, 0) is 42.8 Å². The Hall–Kier alpha value is -3.85. The Bertz CT molecular complexity index is 1050. The molecule has 3 aromatic rings. The topological polar surface area (TPSA) is 98.0 Å². The molecule has 0 radical (unpaired) electrons. The molecule has 0 fully saturated rings. The van der Waals surface area contributed by atoms with Crippen molar-refractivity contribution < 1.29 is 9.90 Å². The summed E-state index contributed by atoms with van der Waals surface area (Å²) < 4.78 is 0. The summed E-state index contributed by atoms with van der Waals surface area (Å²) in [5.41, 5.74) is 2.59. The van der Waals surface area contributed by atoms with Crippen LogP contribution in [0.2, 0.25) is 0 Å². The number of benzene rings is 2. The number of phenols is 1. The van der Waals surface area contributed by atoms with Gasteiger partial charge in [0.15, 0.2) is 0 Å². The van der Waals surface area contributed by atoms with E-state index in [1.807, 2.05) is 36.4 Å². The van der Waals surface area contributed by atoms with Crippen LogP contribution in [-0.2, 0) is 4.79 Å². The van der Waals surface area contributed by atoms with Crippen LogP contribution in [0.1, 0.15) is 5.56 Å². The highest BCUT2D eigenvalue weighted by Crippen LogP contribution is 2.22. The highest BCUT2D eigenvalue weighted by atomic mass is 16.3. The zero-order valence-electron chi connectivity index (χ0n) is 14.0. The lowest BCUT2D eigenvalue weighted by Gasteiger charge is -2.09. The number of aryl methyl sites for hydroxylation is 1. The SMILES string of the molecule is Cc1cc(O)ccc1NC(=O)/C(C#N)=C\Nc1cccc2cccnc12. The van der Waals surface area contributed by atoms with Gasteiger partial charge in [-0.15, -0.1) is 0 Å². The molecule has 0 saturated carbocycles. The number of rotatable bonds is 4. The van der Waals surface area contributed by atoms with Crippen molar-refractivity contribution in [3.8, 4) is 11.8 Å². The fourth-order valence-corrected chi connectivity index (χ4v) is 2.50. The van der Waals surface area contributed by atoms with Crippen LogP contribution in [-0.4, -0.2) is 16.0 Å². The molecule has 1 aromatic heterocycles. The summed E-state index contributed by atoms with van der Waals surface area (Å²) in [6, 6.07) is 15.9. The minimum absolute atomic E-state index is 0.0783. The summed E-state index contributed by atoms with van der Waals surface area (Å²) >= 11 is 0. The van der Waals surface area contributed by atoms with Gasteiger partial charge in [0.1, 0.15) is 17.4 Å². The van der Waals surface area contributed by atoms with Gasteiger partial charge in [-0.1, -0.05) is 18.2 Å². The number of anilines is 2. The van der Waals surface area contributed by atoms with Crippen molar-refractivity contribution in [2.24, 2.45) is 0 Å². The number of nitriles is 1. The lowest BCUT2D eigenvalue weighted by atomic mass is 10.1. The van der Waals surface area contributed by atoms with Gasteiger partial charge in [-0.2, -0.15) is 5.26 Å². The molecule has 6 heteroatoms. The van der Waals surface area contributed by atoms with Crippen LogP contribution in [0, 0.1) is 18.3 Å². The van der Waals surface area contributed by atoms with E-state index in [9.17, 15) is 15.2 Å². The van der Waals surface area contributed by atoms with Gasteiger partial charge < -0.3 is 15.7 Å². The van der Waals surface area contributed by atoms with Crippen LogP contribution >= 0.6 is 0 Å². The molecule has 0 unspecified atom stereocenters. The average molecular weight is 344 g/mol. The van der Waals surface area contributed by atoms with E-state index in [1.165, 1.54) is 18.3 Å². The summed E-state index contributed by atoms with van der Waals surface area (Å²) in [6.07, 6.45) is 3.04. The number of carbonyl (C=O) groups is 1. The Morgan fingerprint density at radius 3 is 2.77 bits per heavy atom. The predicted octanol–water partition coefficient (Wildman–Crippen LogP) is 3.71. The van der Waals surface area contributed by atoms with Gasteiger partial charge in [0.05, 0.1) is 11.2 Å². The smallest absolute Gasteiger partial charge is 0.267 e. The molecule has 0 aliphatic carbocycles. The molecule has 0 spiro atoms. The van der Waals surface area contributed by atoms with Crippen LogP contribution in [0.25, 0.3) is 10.9 Å². The Kier molecular flexibility index (Phi) is 4.81. The second-order valence-electron chi connectivity index (χ2n) is 5.65.